The molecule has 4 nitrogen and oxygen atoms in total. The second kappa shape index (κ2) is 6.82. The van der Waals surface area contributed by atoms with E-state index in [9.17, 15) is 9.90 Å². The molecule has 1 fully saturated rings. The molecule has 0 aliphatic carbocycles. The van der Waals surface area contributed by atoms with Crippen molar-refractivity contribution in [1.82, 2.24) is 10.2 Å². The summed E-state index contributed by atoms with van der Waals surface area (Å²) in [5, 5.41) is 12.4. The number of likely N-dealkylation sites (tertiary alicyclic amines) is 1. The van der Waals surface area contributed by atoms with E-state index in [0.717, 1.165) is 31.0 Å². The summed E-state index contributed by atoms with van der Waals surface area (Å²) in [7, 11) is 1.95. The van der Waals surface area contributed by atoms with E-state index in [2.05, 4.69) is 5.32 Å². The van der Waals surface area contributed by atoms with Crippen molar-refractivity contribution in [2.24, 2.45) is 5.92 Å². The zero-order chi connectivity index (χ0) is 13.7. The number of thioether (sulfide) groups is 1. The van der Waals surface area contributed by atoms with E-state index in [1.54, 1.807) is 12.1 Å². The number of phenolic OH excluding ortho intramolecular Hbond substituents is 1. The smallest absolute Gasteiger partial charge is 0.232 e. The molecule has 1 aromatic rings. The van der Waals surface area contributed by atoms with Crippen LogP contribution in [0.1, 0.15) is 6.42 Å². The SMILES string of the molecule is CNCC1CCN(C(=O)CSc2ccc(O)cc2)C1. The molecule has 2 N–H and O–H groups in total. The molecule has 0 saturated carbocycles. The van der Waals surface area contributed by atoms with E-state index < -0.39 is 0 Å². The Morgan fingerprint density at radius 2 is 2.21 bits per heavy atom. The minimum Gasteiger partial charge on any atom is -0.508 e. The number of nitrogens with one attached hydrogen (secondary N) is 1. The first-order valence-corrected chi connectivity index (χ1v) is 7.52. The number of aromatic hydroxyl groups is 1. The van der Waals surface area contributed by atoms with Crippen LogP contribution < -0.4 is 5.32 Å². The molecule has 2 rings (SSSR count). The van der Waals surface area contributed by atoms with Gasteiger partial charge in [0.2, 0.25) is 5.91 Å². The lowest BCUT2D eigenvalue weighted by molar-refractivity contribution is -0.127. The molecule has 104 valence electrons. The molecular formula is C14H20N2O2S. The molecule has 1 heterocycles. The maximum Gasteiger partial charge on any atom is 0.232 e. The fraction of sp³-hybridized carbons (Fsp3) is 0.500. The van der Waals surface area contributed by atoms with E-state index in [0.29, 0.717) is 11.7 Å². The highest BCUT2D eigenvalue weighted by molar-refractivity contribution is 8.00. The lowest BCUT2D eigenvalue weighted by atomic mass is 10.1. The summed E-state index contributed by atoms with van der Waals surface area (Å²) >= 11 is 1.52. The second-order valence-corrected chi connectivity index (χ2v) is 5.88. The number of carbonyl (C=O) groups is 1. The van der Waals surface area contributed by atoms with E-state index >= 15 is 0 Å². The average molecular weight is 280 g/mol. The van der Waals surface area contributed by atoms with Gasteiger partial charge in [-0.1, -0.05) is 0 Å². The third kappa shape index (κ3) is 4.14. The summed E-state index contributed by atoms with van der Waals surface area (Å²) in [6.45, 7) is 2.73. The Balaban J connectivity index is 1.77. The zero-order valence-electron chi connectivity index (χ0n) is 11.1. The summed E-state index contributed by atoms with van der Waals surface area (Å²) in [6, 6.07) is 6.96. The highest BCUT2D eigenvalue weighted by Crippen LogP contribution is 2.22. The monoisotopic (exact) mass is 280 g/mol. The molecule has 1 atom stereocenters. The van der Waals surface area contributed by atoms with Crippen LogP contribution in [-0.2, 0) is 4.79 Å². The Hall–Kier alpha value is -1.20. The van der Waals surface area contributed by atoms with Gasteiger partial charge in [0.25, 0.3) is 0 Å². The molecule has 1 aliphatic heterocycles. The van der Waals surface area contributed by atoms with Crippen molar-refractivity contribution in [3.05, 3.63) is 24.3 Å². The van der Waals surface area contributed by atoms with Crippen LogP contribution >= 0.6 is 11.8 Å². The third-order valence-corrected chi connectivity index (χ3v) is 4.33. The minimum absolute atomic E-state index is 0.205. The van der Waals surface area contributed by atoms with Crippen LogP contribution in [0.25, 0.3) is 0 Å². The van der Waals surface area contributed by atoms with Gasteiger partial charge in [-0.3, -0.25) is 4.79 Å². The van der Waals surface area contributed by atoms with Crippen LogP contribution in [0.4, 0.5) is 0 Å². The Kier molecular flexibility index (Phi) is 5.10. The van der Waals surface area contributed by atoms with Gasteiger partial charge in [-0.25, -0.2) is 0 Å². The Morgan fingerprint density at radius 3 is 2.89 bits per heavy atom. The maximum absolute atomic E-state index is 12.1. The van der Waals surface area contributed by atoms with Crippen LogP contribution in [0.15, 0.2) is 29.2 Å². The number of carbonyl (C=O) groups excluding carboxylic acids is 1. The van der Waals surface area contributed by atoms with Crippen molar-refractivity contribution in [2.75, 3.05) is 32.4 Å². The summed E-state index contributed by atoms with van der Waals surface area (Å²) in [5.41, 5.74) is 0. The fourth-order valence-electron chi connectivity index (χ4n) is 2.29. The van der Waals surface area contributed by atoms with E-state index in [1.165, 1.54) is 11.8 Å². The Labute approximate surface area is 118 Å². The highest BCUT2D eigenvalue weighted by atomic mass is 32.2. The highest BCUT2D eigenvalue weighted by Gasteiger charge is 2.25. The molecule has 1 saturated heterocycles. The maximum atomic E-state index is 12.1. The molecule has 0 aromatic heterocycles. The first-order chi connectivity index (χ1) is 9.19. The van der Waals surface area contributed by atoms with Crippen molar-refractivity contribution >= 4 is 17.7 Å². The number of benzene rings is 1. The number of rotatable bonds is 5. The average Bonchev–Trinajstić information content (AvgIpc) is 2.87. The molecule has 0 radical (unpaired) electrons. The predicted octanol–water partition coefficient (Wildman–Crippen LogP) is 1.55. The largest absolute Gasteiger partial charge is 0.508 e. The molecule has 1 aromatic carbocycles. The molecule has 0 spiro atoms. The Morgan fingerprint density at radius 1 is 1.47 bits per heavy atom. The first-order valence-electron chi connectivity index (χ1n) is 6.53. The first kappa shape index (κ1) is 14.2. The van der Waals surface area contributed by atoms with Gasteiger partial charge in [-0.15, -0.1) is 11.8 Å². The van der Waals surface area contributed by atoms with Crippen molar-refractivity contribution < 1.29 is 9.90 Å². The van der Waals surface area contributed by atoms with Gasteiger partial charge in [0.05, 0.1) is 5.75 Å². The number of phenols is 1. The summed E-state index contributed by atoms with van der Waals surface area (Å²) in [5.74, 6) is 1.52. The van der Waals surface area contributed by atoms with Gasteiger partial charge in [-0.05, 0) is 50.2 Å². The third-order valence-electron chi connectivity index (χ3n) is 3.33. The molecular weight excluding hydrogens is 260 g/mol. The van der Waals surface area contributed by atoms with Crippen molar-refractivity contribution in [3.8, 4) is 5.75 Å². The molecule has 19 heavy (non-hydrogen) atoms. The number of amides is 1. The van der Waals surface area contributed by atoms with Crippen LogP contribution in [-0.4, -0.2) is 48.3 Å². The van der Waals surface area contributed by atoms with Crippen LogP contribution in [0.2, 0.25) is 0 Å². The van der Waals surface area contributed by atoms with Crippen molar-refractivity contribution in [3.63, 3.8) is 0 Å². The van der Waals surface area contributed by atoms with Crippen LogP contribution in [0.3, 0.4) is 0 Å². The van der Waals surface area contributed by atoms with Crippen LogP contribution in [0.5, 0.6) is 5.75 Å². The van der Waals surface area contributed by atoms with Crippen molar-refractivity contribution in [1.29, 1.82) is 0 Å². The standard InChI is InChI=1S/C14H20N2O2S/c1-15-8-11-6-7-16(9-11)14(18)10-19-13-4-2-12(17)3-5-13/h2-5,11,15,17H,6-10H2,1H3. The van der Waals surface area contributed by atoms with Gasteiger partial charge >= 0.3 is 0 Å². The minimum atomic E-state index is 0.205. The van der Waals surface area contributed by atoms with Crippen LogP contribution in [0, 0.1) is 5.92 Å². The van der Waals surface area contributed by atoms with E-state index in [4.69, 9.17) is 0 Å². The van der Waals surface area contributed by atoms with Gasteiger partial charge < -0.3 is 15.3 Å². The van der Waals surface area contributed by atoms with Crippen molar-refractivity contribution in [2.45, 2.75) is 11.3 Å². The Bertz CT molecular complexity index is 422. The summed E-state index contributed by atoms with van der Waals surface area (Å²) in [4.78, 5) is 15.0. The number of hydrogen-bond acceptors (Lipinski definition) is 4. The summed E-state index contributed by atoms with van der Waals surface area (Å²) in [6.07, 6.45) is 1.09. The fourth-order valence-corrected chi connectivity index (χ4v) is 3.09. The van der Waals surface area contributed by atoms with Gasteiger partial charge in [0, 0.05) is 18.0 Å². The van der Waals surface area contributed by atoms with Gasteiger partial charge in [0.15, 0.2) is 0 Å². The second-order valence-electron chi connectivity index (χ2n) is 4.83. The predicted molar refractivity (Wildman–Crippen MR) is 77.4 cm³/mol. The number of nitrogens with zero attached hydrogens (tertiary/aromatic N) is 1. The topological polar surface area (TPSA) is 52.6 Å². The molecule has 1 amide bonds. The molecule has 0 bridgehead atoms. The van der Waals surface area contributed by atoms with E-state index in [-0.39, 0.29) is 11.7 Å². The lowest BCUT2D eigenvalue weighted by Crippen LogP contribution is -2.31. The van der Waals surface area contributed by atoms with Gasteiger partial charge in [0.1, 0.15) is 5.75 Å². The molecule has 1 unspecified atom stereocenters. The number of hydrogen-bond donors (Lipinski definition) is 2. The summed E-state index contributed by atoms with van der Waals surface area (Å²) < 4.78 is 0. The quantitative estimate of drug-likeness (QED) is 0.804. The lowest BCUT2D eigenvalue weighted by Gasteiger charge is -2.16. The normalized spacial score (nSPS) is 18.8. The molecule has 5 heteroatoms. The zero-order valence-corrected chi connectivity index (χ0v) is 11.9. The van der Waals surface area contributed by atoms with E-state index in [1.807, 2.05) is 24.1 Å². The van der Waals surface area contributed by atoms with Gasteiger partial charge in [-0.2, -0.15) is 0 Å². The molecule has 1 aliphatic rings.